The van der Waals surface area contributed by atoms with Crippen LogP contribution in [0.3, 0.4) is 0 Å². The maximum Gasteiger partial charge on any atom is 0.0655 e. The molecule has 2 rings (SSSR count). The first kappa shape index (κ1) is 13.3. The van der Waals surface area contributed by atoms with Gasteiger partial charge >= 0.3 is 0 Å². The number of hydrogen-bond acceptors (Lipinski definition) is 3. The second-order valence-corrected chi connectivity index (χ2v) is 6.06. The molecular weight excluding hydrogens is 212 g/mol. The van der Waals surface area contributed by atoms with Gasteiger partial charge in [0.2, 0.25) is 0 Å². The van der Waals surface area contributed by atoms with Crippen molar-refractivity contribution < 1.29 is 4.74 Å². The Labute approximate surface area is 106 Å². The van der Waals surface area contributed by atoms with Gasteiger partial charge in [0.1, 0.15) is 0 Å². The van der Waals surface area contributed by atoms with Crippen LogP contribution in [0.1, 0.15) is 40.5 Å². The first-order valence-corrected chi connectivity index (χ1v) is 7.18. The largest absolute Gasteiger partial charge is 0.378 e. The third kappa shape index (κ3) is 2.51. The number of rotatable bonds is 5. The fraction of sp³-hybridized carbons (Fsp3) is 1.00. The van der Waals surface area contributed by atoms with E-state index in [-0.39, 0.29) is 0 Å². The predicted octanol–water partition coefficient (Wildman–Crippen LogP) is 1.87. The lowest BCUT2D eigenvalue weighted by molar-refractivity contribution is -0.146. The molecule has 3 atom stereocenters. The number of nitrogens with zero attached hydrogens (tertiary/aromatic N) is 1. The van der Waals surface area contributed by atoms with Crippen molar-refractivity contribution in [3.8, 4) is 0 Å². The molecule has 0 radical (unpaired) electrons. The molecule has 0 aromatic heterocycles. The highest BCUT2D eigenvalue weighted by molar-refractivity contribution is 5.05. The maximum atomic E-state index is 5.81. The lowest BCUT2D eigenvalue weighted by atomic mass is 9.64. The number of nitrogens with one attached hydrogen (secondary N) is 1. The summed E-state index contributed by atoms with van der Waals surface area (Å²) in [7, 11) is 0. The van der Waals surface area contributed by atoms with Crippen molar-refractivity contribution in [3.63, 3.8) is 0 Å². The topological polar surface area (TPSA) is 24.5 Å². The second-order valence-electron chi connectivity index (χ2n) is 6.06. The van der Waals surface area contributed by atoms with Crippen molar-refractivity contribution in [3.05, 3.63) is 0 Å². The molecule has 3 nitrogen and oxygen atoms in total. The summed E-state index contributed by atoms with van der Waals surface area (Å²) in [6, 6.07) is 1.43. The third-order valence-electron chi connectivity index (χ3n) is 4.65. The van der Waals surface area contributed by atoms with Crippen molar-refractivity contribution in [2.75, 3.05) is 26.2 Å². The summed E-state index contributed by atoms with van der Waals surface area (Å²) in [4.78, 5) is 2.67. The van der Waals surface area contributed by atoms with Crippen molar-refractivity contribution >= 4 is 0 Å². The highest BCUT2D eigenvalue weighted by atomic mass is 16.5. The first-order valence-electron chi connectivity index (χ1n) is 7.18. The lowest BCUT2D eigenvalue weighted by Crippen LogP contribution is -2.61. The minimum absolute atomic E-state index is 0.330. The Bertz CT molecular complexity index is 255. The van der Waals surface area contributed by atoms with Gasteiger partial charge in [-0.1, -0.05) is 20.8 Å². The summed E-state index contributed by atoms with van der Waals surface area (Å²) in [6.07, 6.45) is 3.00. The van der Waals surface area contributed by atoms with E-state index < -0.39 is 0 Å². The van der Waals surface area contributed by atoms with Gasteiger partial charge in [-0.3, -0.25) is 4.90 Å². The van der Waals surface area contributed by atoms with Gasteiger partial charge in [0.25, 0.3) is 0 Å². The number of ether oxygens (including phenoxy) is 1. The van der Waals surface area contributed by atoms with Gasteiger partial charge in [0.15, 0.2) is 0 Å². The van der Waals surface area contributed by atoms with E-state index in [1.807, 2.05) is 0 Å². The van der Waals surface area contributed by atoms with Gasteiger partial charge in [0.05, 0.1) is 6.10 Å². The van der Waals surface area contributed by atoms with E-state index in [1.165, 1.54) is 25.9 Å². The standard InChI is InChI=1S/C14H28N2O/c1-5-15-11-7-8-16(10-11)12-9-13(17-6-2)14(12,3)4/h11-13,15H,5-10H2,1-4H3. The van der Waals surface area contributed by atoms with Crippen LogP contribution in [-0.4, -0.2) is 49.3 Å². The SMILES string of the molecule is CCNC1CCN(C2CC(OCC)C2(C)C)C1. The van der Waals surface area contributed by atoms with Crippen LogP contribution in [0.2, 0.25) is 0 Å². The molecule has 1 saturated carbocycles. The molecule has 1 N–H and O–H groups in total. The molecule has 1 heterocycles. The quantitative estimate of drug-likeness (QED) is 0.794. The monoisotopic (exact) mass is 240 g/mol. The predicted molar refractivity (Wildman–Crippen MR) is 71.3 cm³/mol. The first-order chi connectivity index (χ1) is 8.09. The Hall–Kier alpha value is -0.120. The number of hydrogen-bond donors (Lipinski definition) is 1. The van der Waals surface area contributed by atoms with Gasteiger partial charge in [-0.05, 0) is 26.3 Å². The van der Waals surface area contributed by atoms with Crippen LogP contribution < -0.4 is 5.32 Å². The molecule has 1 aliphatic heterocycles. The molecule has 0 spiro atoms. The molecule has 0 aromatic rings. The van der Waals surface area contributed by atoms with Crippen LogP contribution in [0.5, 0.6) is 0 Å². The third-order valence-corrected chi connectivity index (χ3v) is 4.65. The fourth-order valence-electron chi connectivity index (χ4n) is 3.49. The van der Waals surface area contributed by atoms with Crippen molar-refractivity contribution in [2.24, 2.45) is 5.41 Å². The van der Waals surface area contributed by atoms with Gasteiger partial charge in [-0.25, -0.2) is 0 Å². The van der Waals surface area contributed by atoms with E-state index in [9.17, 15) is 0 Å². The van der Waals surface area contributed by atoms with Crippen molar-refractivity contribution in [1.82, 2.24) is 10.2 Å². The molecule has 17 heavy (non-hydrogen) atoms. The summed E-state index contributed by atoms with van der Waals surface area (Å²) < 4.78 is 5.81. The van der Waals surface area contributed by atoms with E-state index in [2.05, 4.69) is 37.9 Å². The maximum absolute atomic E-state index is 5.81. The molecule has 0 amide bonds. The highest BCUT2D eigenvalue weighted by Gasteiger charge is 2.52. The molecule has 2 fully saturated rings. The molecular formula is C14H28N2O. The van der Waals surface area contributed by atoms with E-state index in [0.29, 0.717) is 17.6 Å². The summed E-state index contributed by atoms with van der Waals surface area (Å²) in [5.41, 5.74) is 0.330. The summed E-state index contributed by atoms with van der Waals surface area (Å²) in [5.74, 6) is 0. The van der Waals surface area contributed by atoms with E-state index in [1.54, 1.807) is 0 Å². The van der Waals surface area contributed by atoms with Crippen LogP contribution in [-0.2, 0) is 4.74 Å². The molecule has 2 aliphatic rings. The van der Waals surface area contributed by atoms with Crippen molar-refractivity contribution in [1.29, 1.82) is 0 Å². The average molecular weight is 240 g/mol. The number of likely N-dealkylation sites (tertiary alicyclic amines) is 1. The van der Waals surface area contributed by atoms with Gasteiger partial charge < -0.3 is 10.1 Å². The Balaban J connectivity index is 1.85. The van der Waals surface area contributed by atoms with Gasteiger partial charge in [0, 0.05) is 37.2 Å². The van der Waals surface area contributed by atoms with E-state index in [4.69, 9.17) is 4.74 Å². The lowest BCUT2D eigenvalue weighted by Gasteiger charge is -2.55. The molecule has 0 aromatic carbocycles. The summed E-state index contributed by atoms with van der Waals surface area (Å²) in [6.45, 7) is 13.4. The van der Waals surface area contributed by atoms with Crippen LogP contribution in [0.15, 0.2) is 0 Å². The Kier molecular flexibility index (Phi) is 4.11. The minimum atomic E-state index is 0.330. The average Bonchev–Trinajstić information content (AvgIpc) is 2.72. The highest BCUT2D eigenvalue weighted by Crippen LogP contribution is 2.46. The fourth-order valence-corrected chi connectivity index (χ4v) is 3.49. The normalized spacial score (nSPS) is 37.1. The number of likely N-dealkylation sites (N-methyl/N-ethyl adjacent to an activating group) is 1. The molecule has 3 heteroatoms. The summed E-state index contributed by atoms with van der Waals surface area (Å²) in [5, 5.41) is 3.57. The zero-order valence-electron chi connectivity index (χ0n) is 11.8. The van der Waals surface area contributed by atoms with E-state index >= 15 is 0 Å². The Morgan fingerprint density at radius 2 is 2.12 bits per heavy atom. The zero-order chi connectivity index (χ0) is 12.5. The molecule has 1 aliphatic carbocycles. The smallest absolute Gasteiger partial charge is 0.0655 e. The van der Waals surface area contributed by atoms with Gasteiger partial charge in [-0.15, -0.1) is 0 Å². The molecule has 3 unspecified atom stereocenters. The van der Waals surface area contributed by atoms with Crippen molar-refractivity contribution in [2.45, 2.75) is 58.7 Å². The minimum Gasteiger partial charge on any atom is -0.378 e. The summed E-state index contributed by atoms with van der Waals surface area (Å²) >= 11 is 0. The second kappa shape index (κ2) is 5.25. The van der Waals surface area contributed by atoms with Crippen LogP contribution in [0.4, 0.5) is 0 Å². The van der Waals surface area contributed by atoms with Crippen LogP contribution in [0.25, 0.3) is 0 Å². The Morgan fingerprint density at radius 3 is 2.71 bits per heavy atom. The molecule has 100 valence electrons. The van der Waals surface area contributed by atoms with Crippen LogP contribution in [0, 0.1) is 5.41 Å². The van der Waals surface area contributed by atoms with Gasteiger partial charge in [-0.2, -0.15) is 0 Å². The molecule has 1 saturated heterocycles. The zero-order valence-corrected chi connectivity index (χ0v) is 11.8. The Morgan fingerprint density at radius 1 is 1.35 bits per heavy atom. The van der Waals surface area contributed by atoms with E-state index in [0.717, 1.165) is 19.2 Å². The van der Waals surface area contributed by atoms with Crippen LogP contribution >= 0.6 is 0 Å². The molecule has 0 bridgehead atoms.